The van der Waals surface area contributed by atoms with Crippen molar-refractivity contribution in [2.75, 3.05) is 14.2 Å². The quantitative estimate of drug-likeness (QED) is 0.0475. The molecule has 2 fully saturated rings. The largest absolute Gasteiger partial charge is 0.481 e. The molecule has 0 saturated heterocycles. The molecule has 144 heavy (non-hydrogen) atoms. The molecule has 16 heterocycles. The van der Waals surface area contributed by atoms with Gasteiger partial charge in [0.1, 0.15) is 23.0 Å². The number of methoxy groups -OCH3 is 2. The third-order valence-electron chi connectivity index (χ3n) is 28.0. The Morgan fingerprint density at radius 3 is 0.812 bits per heavy atom. The average Bonchev–Trinajstić information content (AvgIpc) is 1.61. The molecule has 2 aliphatic rings. The maximum absolute atomic E-state index is 12.4. The first-order valence-corrected chi connectivity index (χ1v) is 48.3. The number of aryl methyl sites for hydroxylation is 8. The minimum atomic E-state index is -0.947. The molecule has 22 rings (SSSR count). The van der Waals surface area contributed by atoms with Crippen LogP contribution in [0.2, 0.25) is 0 Å². The van der Waals surface area contributed by atoms with Crippen molar-refractivity contribution in [1.29, 1.82) is 0 Å². The predicted octanol–water partition coefficient (Wildman–Crippen LogP) is 25.3. The van der Waals surface area contributed by atoms with E-state index >= 15 is 0 Å². The summed E-state index contributed by atoms with van der Waals surface area (Å²) in [5, 5.41) is 35.5. The fourth-order valence-electron chi connectivity index (χ4n) is 20.3. The number of carbonyl (C=O) groups excluding carboxylic acids is 2. The summed E-state index contributed by atoms with van der Waals surface area (Å²) >= 11 is 0. The van der Waals surface area contributed by atoms with Crippen LogP contribution in [0.4, 0.5) is 0 Å². The molecule has 0 radical (unpaired) electrons. The maximum atomic E-state index is 12.4. The van der Waals surface area contributed by atoms with E-state index in [9.17, 15) is 29.4 Å². The minimum Gasteiger partial charge on any atom is -0.481 e. The first kappa shape index (κ1) is 95.9. The van der Waals surface area contributed by atoms with Gasteiger partial charge in [0.15, 0.2) is 0 Å². The zero-order chi connectivity index (χ0) is 101. The summed E-state index contributed by atoms with van der Waals surface area (Å²) < 4.78 is 40.6. The van der Waals surface area contributed by atoms with Gasteiger partial charge in [-0.25, -0.2) is 9.59 Å². The molecule has 0 amide bonds. The lowest BCUT2D eigenvalue weighted by Crippen LogP contribution is -2.21. The van der Waals surface area contributed by atoms with Gasteiger partial charge in [0.25, 0.3) is 0 Å². The number of carboxylic acid groups (broad SMARTS) is 2. The lowest BCUT2D eigenvalue weighted by atomic mass is 9.94. The van der Waals surface area contributed by atoms with Gasteiger partial charge in [-0.2, -0.15) is 0 Å². The van der Waals surface area contributed by atoms with Gasteiger partial charge in [-0.3, -0.25) is 49.5 Å². The fraction of sp³-hybridized carbons (Fsp3) is 0.241. The minimum absolute atomic E-state index is 0.0115. The number of carboxylic acids is 2. The molecule has 0 unspecified atom stereocenters. The van der Waals surface area contributed by atoms with Gasteiger partial charge in [0, 0.05) is 141 Å². The highest BCUT2D eigenvalue weighted by atomic mass is 16.5. The number of benzene rings is 4. The molecule has 20 aromatic rings. The summed E-state index contributed by atoms with van der Waals surface area (Å²) in [6.45, 7) is 24.0. The van der Waals surface area contributed by atoms with Crippen LogP contribution < -0.4 is 0 Å². The summed E-state index contributed by atoms with van der Waals surface area (Å²) in [4.78, 5) is 85.7. The molecule has 2 aliphatic carbocycles. The summed E-state index contributed by atoms with van der Waals surface area (Å²) in [6.07, 6.45) is 29.8. The van der Waals surface area contributed by atoms with E-state index in [0.717, 1.165) is 251 Å². The number of hydrogen-bond acceptors (Lipinski definition) is 22. The summed E-state index contributed by atoms with van der Waals surface area (Å²) in [5.74, 6) is 0.837. The molecule has 0 spiro atoms. The Morgan fingerprint density at radius 2 is 0.597 bits per heavy atom. The molecule has 4 atom stereocenters. The Labute approximate surface area is 830 Å². The van der Waals surface area contributed by atoms with Crippen LogP contribution in [0.15, 0.2) is 287 Å². The van der Waals surface area contributed by atoms with Crippen LogP contribution in [0.1, 0.15) is 204 Å². The second-order valence-corrected chi connectivity index (χ2v) is 36.7. The van der Waals surface area contributed by atoms with Gasteiger partial charge in [-0.1, -0.05) is 145 Å². The lowest BCUT2D eigenvalue weighted by molar-refractivity contribution is -0.143. The van der Waals surface area contributed by atoms with E-state index in [1.54, 1.807) is 24.3 Å². The first-order chi connectivity index (χ1) is 69.9. The lowest BCUT2D eigenvalue weighted by Gasteiger charge is -2.18. The van der Waals surface area contributed by atoms with Crippen LogP contribution in [0.25, 0.3) is 133 Å². The monoisotopic (exact) mass is 1920 g/mol. The molecule has 28 heteroatoms. The second kappa shape index (κ2) is 40.3. The van der Waals surface area contributed by atoms with Gasteiger partial charge in [0.2, 0.25) is 0 Å². The number of pyridine rings is 8. The van der Waals surface area contributed by atoms with Crippen LogP contribution in [0.5, 0.6) is 0 Å². The molecule has 0 aliphatic heterocycles. The molecule has 0 bridgehead atoms. The highest BCUT2D eigenvalue weighted by Gasteiger charge is 2.53. The van der Waals surface area contributed by atoms with E-state index in [-0.39, 0.29) is 41.7 Å². The van der Waals surface area contributed by atoms with Crippen molar-refractivity contribution in [2.45, 2.75) is 169 Å². The van der Waals surface area contributed by atoms with Crippen molar-refractivity contribution < 1.29 is 57.0 Å². The van der Waals surface area contributed by atoms with E-state index < -0.39 is 22.8 Å². The third kappa shape index (κ3) is 18.2. The third-order valence-corrected chi connectivity index (χ3v) is 28.0. The molecule has 2 saturated carbocycles. The number of aromatic nitrogens is 16. The van der Waals surface area contributed by atoms with Crippen LogP contribution in [0, 0.1) is 55.4 Å². The first-order valence-electron chi connectivity index (χ1n) is 48.3. The Morgan fingerprint density at radius 1 is 0.333 bits per heavy atom. The Balaban J connectivity index is 0.000000122. The molecule has 28 nitrogen and oxygen atoms in total. The smallest absolute Gasteiger partial charge is 0.337 e. The van der Waals surface area contributed by atoms with E-state index in [0.29, 0.717) is 18.4 Å². The normalized spacial score (nSPS) is 13.7. The van der Waals surface area contributed by atoms with Gasteiger partial charge in [-0.15, -0.1) is 0 Å². The number of esters is 2. The van der Waals surface area contributed by atoms with E-state index in [2.05, 4.69) is 178 Å². The van der Waals surface area contributed by atoms with Crippen molar-refractivity contribution in [3.63, 3.8) is 0 Å². The van der Waals surface area contributed by atoms with Gasteiger partial charge < -0.3 is 56.0 Å². The van der Waals surface area contributed by atoms with Crippen molar-refractivity contribution >= 4 is 68.0 Å². The number of hydrogen-bond donors (Lipinski definition) is 2. The van der Waals surface area contributed by atoms with Gasteiger partial charge >= 0.3 is 23.9 Å². The summed E-state index contributed by atoms with van der Waals surface area (Å²) in [7, 11) is 2.84. The number of rotatable bonds is 26. The highest BCUT2D eigenvalue weighted by molar-refractivity contribution is 6.01. The Bertz CT molecular complexity index is 8050. The fourth-order valence-corrected chi connectivity index (χ4v) is 20.3. The zero-order valence-electron chi connectivity index (χ0n) is 82.5. The number of nitrogens with zero attached hydrogens (tertiary/aromatic N) is 16. The van der Waals surface area contributed by atoms with Crippen molar-refractivity contribution in [1.82, 2.24) is 78.8 Å². The van der Waals surface area contributed by atoms with Gasteiger partial charge in [0.05, 0.1) is 150 Å². The number of carbonyl (C=O) groups is 4. The van der Waals surface area contributed by atoms with E-state index in [1.807, 2.05) is 208 Å². The summed E-state index contributed by atoms with van der Waals surface area (Å²) in [5.41, 5.74) is 31.7. The molecule has 2 N–H and O–H groups in total. The van der Waals surface area contributed by atoms with Crippen LogP contribution in [0.3, 0.4) is 0 Å². The Hall–Kier alpha value is -17.0. The molecular weight excluding hydrogens is 1810 g/mol. The van der Waals surface area contributed by atoms with Crippen LogP contribution in [-0.4, -0.2) is 127 Å². The molecule has 4 aromatic carbocycles. The maximum Gasteiger partial charge on any atom is 0.337 e. The number of aromatic carboxylic acids is 1. The number of ether oxygens (including phenoxy) is 2. The van der Waals surface area contributed by atoms with Gasteiger partial charge in [-0.05, 0) is 237 Å². The molecule has 16 aromatic heterocycles. The Kier molecular flexibility index (Phi) is 26.8. The topological polar surface area (TPSA) is 354 Å². The SMILES string of the molecule is CC[C@@H](c1ccccn1)n1cc(-c2ccc(C(=O)O)cc2)c2ncc(-c3c(C)noc3C)cc21.CC[C@@H](c1ccccn1)n1cc(-c2ccc(C(=O)OC)cc2)c2ncc(-c3c(C)noc3C)cc21.CC[C@@H](c1ccccn1)n1cc(-c2ccc(C3(C(=O)O)CC3)cc2)c2ncc(-c3c(C)noc3C)cc21.CC[C@@H](c1ccccn1)n1cc(-c2ccc(C3(C(=O)OC)CC3)cc2)c2ncc(-c3c(C)noc3C)cc21. The summed E-state index contributed by atoms with van der Waals surface area (Å²) in [6, 6.07) is 63.2. The second-order valence-electron chi connectivity index (χ2n) is 36.7. The van der Waals surface area contributed by atoms with Crippen LogP contribution >= 0.6 is 0 Å². The average molecular weight is 1920 g/mol. The molecular formula is C116H108N16O12. The molecule has 724 valence electrons. The van der Waals surface area contributed by atoms with Crippen LogP contribution in [-0.2, 0) is 29.9 Å². The van der Waals surface area contributed by atoms with E-state index in [4.69, 9.17) is 47.5 Å². The van der Waals surface area contributed by atoms with Crippen molar-refractivity contribution in [3.8, 4) is 89.0 Å². The standard InChI is InChI=1S/C31H30N4O3.C30H28N4O3.C28H26N4O3.C27H24N4O3/c1-5-26(25-8-6-7-15-32-25)35-18-24(21-9-11-23(12-10-21)31(13-14-31)30(36)37-4)29-27(35)16-22(17-33-29)28-19(2)34-38-20(28)3;1-4-25(24-7-5-6-14-31-24)34-17-23(20-8-10-22(11-9-20)30(12-13-30)29(35)36)28-26(34)15-21(16-32-28)27-18(2)33-37-19(27)3;1-5-24(23-8-6-7-13-29-23)32-16-22(19-9-11-20(12-10-19)28(33)34-4)27-25(32)14-21(15-30-27)26-17(2)31-35-18(26)3;1-4-23(22-7-5-6-12-28-22)31-15-21(18-8-10-19(11-9-18)27(32)33)26-24(31)13-20(14-29-26)25-16(2)30-34-17(25)3/h6-12,15-18,26H,5,13-14H2,1-4H3;5-11,14-17,25H,4,12-13H2,1-3H3,(H,35,36);6-16,24H,5H2,1-4H3;5-15,23H,4H2,1-3H3,(H,32,33)/t26-;25-;24-;23-/m0000/s1. The zero-order valence-corrected chi connectivity index (χ0v) is 82.5. The van der Waals surface area contributed by atoms with Crippen molar-refractivity contribution in [3.05, 3.63) is 359 Å². The predicted molar refractivity (Wildman–Crippen MR) is 551 cm³/mol. The number of aliphatic carboxylic acids is 1. The van der Waals surface area contributed by atoms with Crippen molar-refractivity contribution in [2.24, 2.45) is 0 Å². The highest BCUT2D eigenvalue weighted by Crippen LogP contribution is 2.52. The number of fused-ring (bicyclic) bond motifs is 4. The van der Waals surface area contributed by atoms with E-state index in [1.165, 1.54) is 14.2 Å².